The quantitative estimate of drug-likeness (QED) is 0.782. The zero-order valence-electron chi connectivity index (χ0n) is 15.6. The number of anilines is 1. The molecule has 0 aliphatic carbocycles. The zero-order chi connectivity index (χ0) is 18.4. The third kappa shape index (κ3) is 5.37. The average Bonchev–Trinajstić information content (AvgIpc) is 3.05. The lowest BCUT2D eigenvalue weighted by Crippen LogP contribution is -2.37. The predicted octanol–water partition coefficient (Wildman–Crippen LogP) is 3.41. The summed E-state index contributed by atoms with van der Waals surface area (Å²) in [4.78, 5) is 19.5. The van der Waals surface area contributed by atoms with E-state index in [-0.39, 0.29) is 11.8 Å². The van der Waals surface area contributed by atoms with Crippen molar-refractivity contribution in [1.29, 1.82) is 0 Å². The first-order valence-electron chi connectivity index (χ1n) is 9.38. The van der Waals surface area contributed by atoms with E-state index >= 15 is 0 Å². The number of carbonyl (C=O) groups excluding carboxylic acids is 1. The van der Waals surface area contributed by atoms with Crippen LogP contribution in [-0.4, -0.2) is 35.4 Å². The lowest BCUT2D eigenvalue weighted by atomic mass is 9.95. The molecule has 1 aromatic carbocycles. The minimum absolute atomic E-state index is 0.0980. The van der Waals surface area contributed by atoms with E-state index in [1.54, 1.807) is 11.3 Å². The average molecular weight is 373 g/mol. The molecule has 0 unspecified atom stereocenters. The number of thiazole rings is 1. The SMILES string of the molecule is CCNCc1cccc(NC(=O)C2CCN(Cc3csc(C)n3)CC2)c1. The van der Waals surface area contributed by atoms with Gasteiger partial charge in [-0.25, -0.2) is 4.98 Å². The molecule has 6 heteroatoms. The van der Waals surface area contributed by atoms with E-state index in [9.17, 15) is 4.79 Å². The van der Waals surface area contributed by atoms with Crippen LogP contribution >= 0.6 is 11.3 Å². The van der Waals surface area contributed by atoms with E-state index in [1.807, 2.05) is 19.1 Å². The molecule has 3 rings (SSSR count). The molecule has 0 saturated carbocycles. The molecule has 5 nitrogen and oxygen atoms in total. The van der Waals surface area contributed by atoms with Crippen LogP contribution in [0.15, 0.2) is 29.6 Å². The number of benzene rings is 1. The second-order valence-electron chi connectivity index (χ2n) is 6.88. The predicted molar refractivity (Wildman–Crippen MR) is 107 cm³/mol. The van der Waals surface area contributed by atoms with Gasteiger partial charge >= 0.3 is 0 Å². The van der Waals surface area contributed by atoms with Crippen LogP contribution in [0, 0.1) is 12.8 Å². The Morgan fingerprint density at radius 2 is 2.15 bits per heavy atom. The summed E-state index contributed by atoms with van der Waals surface area (Å²) in [6, 6.07) is 8.10. The molecular weight excluding hydrogens is 344 g/mol. The van der Waals surface area contributed by atoms with Gasteiger partial charge in [0, 0.05) is 30.1 Å². The van der Waals surface area contributed by atoms with Crippen LogP contribution < -0.4 is 10.6 Å². The van der Waals surface area contributed by atoms with Crippen molar-refractivity contribution in [3.8, 4) is 0 Å². The van der Waals surface area contributed by atoms with E-state index < -0.39 is 0 Å². The van der Waals surface area contributed by atoms with E-state index in [4.69, 9.17) is 0 Å². The van der Waals surface area contributed by atoms with Crippen LogP contribution in [0.5, 0.6) is 0 Å². The third-order valence-corrected chi connectivity index (χ3v) is 5.61. The normalized spacial score (nSPS) is 15.9. The summed E-state index contributed by atoms with van der Waals surface area (Å²) < 4.78 is 0. The number of likely N-dealkylation sites (tertiary alicyclic amines) is 1. The summed E-state index contributed by atoms with van der Waals surface area (Å²) in [6.07, 6.45) is 1.82. The smallest absolute Gasteiger partial charge is 0.227 e. The van der Waals surface area contributed by atoms with Crippen molar-refractivity contribution in [3.05, 3.63) is 45.9 Å². The number of piperidine rings is 1. The fraction of sp³-hybridized carbons (Fsp3) is 0.500. The number of carbonyl (C=O) groups is 1. The molecule has 1 saturated heterocycles. The first kappa shape index (κ1) is 19.0. The Morgan fingerprint density at radius 1 is 1.35 bits per heavy atom. The highest BCUT2D eigenvalue weighted by atomic mass is 32.1. The van der Waals surface area contributed by atoms with Gasteiger partial charge in [-0.3, -0.25) is 9.69 Å². The van der Waals surface area contributed by atoms with Crippen molar-refractivity contribution in [2.24, 2.45) is 5.92 Å². The van der Waals surface area contributed by atoms with Gasteiger partial charge in [-0.15, -0.1) is 11.3 Å². The first-order valence-corrected chi connectivity index (χ1v) is 10.3. The highest BCUT2D eigenvalue weighted by Crippen LogP contribution is 2.22. The van der Waals surface area contributed by atoms with Gasteiger partial charge in [-0.2, -0.15) is 0 Å². The maximum absolute atomic E-state index is 12.6. The van der Waals surface area contributed by atoms with Crippen LogP contribution in [0.25, 0.3) is 0 Å². The fourth-order valence-electron chi connectivity index (χ4n) is 3.34. The fourth-order valence-corrected chi connectivity index (χ4v) is 3.94. The third-order valence-electron chi connectivity index (χ3n) is 4.78. The Morgan fingerprint density at radius 3 is 2.85 bits per heavy atom. The molecule has 140 valence electrons. The topological polar surface area (TPSA) is 57.3 Å². The monoisotopic (exact) mass is 372 g/mol. The number of nitrogens with one attached hydrogen (secondary N) is 2. The Bertz CT molecular complexity index is 722. The second-order valence-corrected chi connectivity index (χ2v) is 7.94. The largest absolute Gasteiger partial charge is 0.326 e. The van der Waals surface area contributed by atoms with Crippen molar-refractivity contribution < 1.29 is 4.79 Å². The van der Waals surface area contributed by atoms with Crippen molar-refractivity contribution >= 4 is 22.9 Å². The molecule has 1 fully saturated rings. The van der Waals surface area contributed by atoms with Crippen LogP contribution in [0.4, 0.5) is 5.69 Å². The van der Waals surface area contributed by atoms with Gasteiger partial charge in [0.1, 0.15) is 0 Å². The Labute approximate surface area is 159 Å². The van der Waals surface area contributed by atoms with Gasteiger partial charge in [-0.1, -0.05) is 19.1 Å². The summed E-state index contributed by atoms with van der Waals surface area (Å²) in [5.74, 6) is 0.246. The molecule has 0 radical (unpaired) electrons. The maximum atomic E-state index is 12.6. The molecule has 2 aromatic rings. The summed E-state index contributed by atoms with van der Waals surface area (Å²) in [5, 5.41) is 9.66. The highest BCUT2D eigenvalue weighted by molar-refractivity contribution is 7.09. The van der Waals surface area contributed by atoms with Gasteiger partial charge in [0.2, 0.25) is 5.91 Å². The molecule has 1 aliphatic heterocycles. The lowest BCUT2D eigenvalue weighted by molar-refractivity contribution is -0.121. The van der Waals surface area contributed by atoms with Crippen LogP contribution in [-0.2, 0) is 17.9 Å². The van der Waals surface area contributed by atoms with Crippen molar-refractivity contribution in [1.82, 2.24) is 15.2 Å². The standard InChI is InChI=1S/C20H28N4OS/c1-3-21-12-16-5-4-6-18(11-16)23-20(25)17-7-9-24(10-8-17)13-19-14-26-15(2)22-19/h4-6,11,14,17,21H,3,7-10,12-13H2,1-2H3,(H,23,25). The van der Waals surface area contributed by atoms with Crippen LogP contribution in [0.1, 0.15) is 36.0 Å². The maximum Gasteiger partial charge on any atom is 0.227 e. The second kappa shape index (κ2) is 9.26. The lowest BCUT2D eigenvalue weighted by Gasteiger charge is -2.30. The number of aromatic nitrogens is 1. The Kier molecular flexibility index (Phi) is 6.77. The van der Waals surface area contributed by atoms with Gasteiger partial charge in [-0.05, 0) is 57.1 Å². The van der Waals surface area contributed by atoms with E-state index in [2.05, 4.69) is 45.0 Å². The molecule has 1 aliphatic rings. The van der Waals surface area contributed by atoms with Crippen LogP contribution in [0.3, 0.4) is 0 Å². The van der Waals surface area contributed by atoms with Gasteiger partial charge in [0.05, 0.1) is 10.7 Å². The minimum Gasteiger partial charge on any atom is -0.326 e. The number of nitrogens with zero attached hydrogens (tertiary/aromatic N) is 2. The molecule has 0 atom stereocenters. The van der Waals surface area contributed by atoms with Crippen molar-refractivity contribution in [2.75, 3.05) is 25.0 Å². The van der Waals surface area contributed by atoms with Gasteiger partial charge in [0.15, 0.2) is 0 Å². The highest BCUT2D eigenvalue weighted by Gasteiger charge is 2.25. The molecule has 1 aromatic heterocycles. The summed E-state index contributed by atoms with van der Waals surface area (Å²) in [5.41, 5.74) is 3.23. The van der Waals surface area contributed by atoms with Gasteiger partial charge < -0.3 is 10.6 Å². The molecule has 1 amide bonds. The number of aryl methyl sites for hydroxylation is 1. The van der Waals surface area contributed by atoms with E-state index in [0.717, 1.165) is 62.0 Å². The Balaban J connectivity index is 1.47. The van der Waals surface area contributed by atoms with Crippen molar-refractivity contribution in [3.63, 3.8) is 0 Å². The van der Waals surface area contributed by atoms with Crippen molar-refractivity contribution in [2.45, 2.75) is 39.8 Å². The van der Waals surface area contributed by atoms with E-state index in [0.29, 0.717) is 0 Å². The zero-order valence-corrected chi connectivity index (χ0v) is 16.4. The van der Waals surface area contributed by atoms with E-state index in [1.165, 1.54) is 5.56 Å². The number of hydrogen-bond acceptors (Lipinski definition) is 5. The molecule has 26 heavy (non-hydrogen) atoms. The van der Waals surface area contributed by atoms with Crippen LogP contribution in [0.2, 0.25) is 0 Å². The molecule has 2 N–H and O–H groups in total. The molecule has 0 spiro atoms. The molecule has 2 heterocycles. The summed E-state index contributed by atoms with van der Waals surface area (Å²) in [7, 11) is 0. The minimum atomic E-state index is 0.0980. The summed E-state index contributed by atoms with van der Waals surface area (Å²) in [6.45, 7) is 8.70. The van der Waals surface area contributed by atoms with Gasteiger partial charge in [0.25, 0.3) is 0 Å². The Hall–Kier alpha value is -1.76. The first-order chi connectivity index (χ1) is 12.6. The summed E-state index contributed by atoms with van der Waals surface area (Å²) >= 11 is 1.70. The number of amides is 1. The number of hydrogen-bond donors (Lipinski definition) is 2. The number of rotatable bonds is 7. The molecular formula is C20H28N4OS. The molecule has 0 bridgehead atoms.